The highest BCUT2D eigenvalue weighted by Gasteiger charge is 2.18. The maximum absolute atomic E-state index is 12.2. The summed E-state index contributed by atoms with van der Waals surface area (Å²) in [7, 11) is -3.80. The highest BCUT2D eigenvalue weighted by atomic mass is 79.9. The number of carboxylic acid groups (broad SMARTS) is 1. The second-order valence-electron chi connectivity index (χ2n) is 4.11. The Balaban J connectivity index is 2.21. The molecule has 1 aromatic carbocycles. The van der Waals surface area contributed by atoms with Gasteiger partial charge in [0.05, 0.1) is 11.3 Å². The molecule has 0 amide bonds. The van der Waals surface area contributed by atoms with Crippen LogP contribution in [0.5, 0.6) is 0 Å². The molecule has 2 aromatic rings. The lowest BCUT2D eigenvalue weighted by Crippen LogP contribution is -2.24. The minimum Gasteiger partial charge on any atom is -0.478 e. The molecule has 21 heavy (non-hydrogen) atoms. The van der Waals surface area contributed by atoms with Gasteiger partial charge in [0, 0.05) is 21.3 Å². The maximum Gasteiger partial charge on any atom is 0.335 e. The van der Waals surface area contributed by atoms with Gasteiger partial charge in [-0.2, -0.15) is 0 Å². The summed E-state index contributed by atoms with van der Waals surface area (Å²) in [5, 5.41) is 10.7. The van der Waals surface area contributed by atoms with E-state index in [0.717, 1.165) is 15.4 Å². The summed E-state index contributed by atoms with van der Waals surface area (Å²) in [4.78, 5) is 11.5. The van der Waals surface area contributed by atoms with Gasteiger partial charge in [0.15, 0.2) is 0 Å². The molecule has 0 aliphatic carbocycles. The maximum atomic E-state index is 12.2. The van der Waals surface area contributed by atoms with Crippen molar-refractivity contribution >= 4 is 48.9 Å². The van der Waals surface area contributed by atoms with Gasteiger partial charge < -0.3 is 10.8 Å². The number of carbonyl (C=O) groups is 1. The summed E-state index contributed by atoms with van der Waals surface area (Å²) in [5.74, 6) is -1.16. The second kappa shape index (κ2) is 6.14. The summed E-state index contributed by atoms with van der Waals surface area (Å²) in [6.45, 7) is 0.138. The van der Waals surface area contributed by atoms with Crippen LogP contribution in [0.2, 0.25) is 0 Å². The van der Waals surface area contributed by atoms with Gasteiger partial charge in [0.2, 0.25) is 10.0 Å². The predicted octanol–water partition coefficient (Wildman–Crippen LogP) is 2.27. The first kappa shape index (κ1) is 16.0. The van der Waals surface area contributed by atoms with E-state index in [-0.39, 0.29) is 22.7 Å². The third-order valence-electron chi connectivity index (χ3n) is 2.60. The first-order chi connectivity index (χ1) is 9.79. The van der Waals surface area contributed by atoms with Gasteiger partial charge in [-0.25, -0.2) is 17.9 Å². The highest BCUT2D eigenvalue weighted by molar-refractivity contribution is 9.10. The van der Waals surface area contributed by atoms with Crippen LogP contribution in [0.15, 0.2) is 39.0 Å². The average molecular weight is 391 g/mol. The van der Waals surface area contributed by atoms with Gasteiger partial charge in [0.1, 0.15) is 4.90 Å². The Morgan fingerprint density at radius 2 is 2.10 bits per heavy atom. The summed E-state index contributed by atoms with van der Waals surface area (Å²) in [6.07, 6.45) is 0. The molecule has 0 aliphatic rings. The minimum atomic E-state index is -3.80. The molecule has 6 nitrogen and oxygen atoms in total. The van der Waals surface area contributed by atoms with Gasteiger partial charge in [-0.3, -0.25) is 0 Å². The quantitative estimate of drug-likeness (QED) is 0.678. The molecule has 0 aliphatic heterocycles. The van der Waals surface area contributed by atoms with Crippen LogP contribution in [0.25, 0.3) is 0 Å². The molecule has 112 valence electrons. The first-order valence-corrected chi connectivity index (χ1v) is 8.80. The average Bonchev–Trinajstić information content (AvgIpc) is 2.82. The van der Waals surface area contributed by atoms with Gasteiger partial charge in [0.25, 0.3) is 0 Å². The third kappa shape index (κ3) is 3.82. The van der Waals surface area contributed by atoms with Crippen molar-refractivity contribution in [3.63, 3.8) is 0 Å². The van der Waals surface area contributed by atoms with Crippen molar-refractivity contribution in [3.8, 4) is 0 Å². The molecule has 9 heteroatoms. The molecule has 2 rings (SSSR count). The molecule has 4 N–H and O–H groups in total. The van der Waals surface area contributed by atoms with Crippen LogP contribution in [0.4, 0.5) is 5.69 Å². The SMILES string of the molecule is Nc1cc(C(=O)O)ccc1S(=O)(=O)NCc1cc(Br)cs1. The Morgan fingerprint density at radius 3 is 2.62 bits per heavy atom. The number of anilines is 1. The molecule has 1 heterocycles. The lowest BCUT2D eigenvalue weighted by atomic mass is 10.2. The molecule has 0 spiro atoms. The molecular weight excluding hydrogens is 380 g/mol. The Kier molecular flexibility index (Phi) is 4.67. The Labute approximate surface area is 133 Å². The number of hydrogen-bond donors (Lipinski definition) is 3. The number of carboxylic acids is 1. The molecule has 0 bridgehead atoms. The number of nitrogen functional groups attached to an aromatic ring is 1. The fourth-order valence-electron chi connectivity index (χ4n) is 1.62. The highest BCUT2D eigenvalue weighted by Crippen LogP contribution is 2.22. The molecular formula is C12H11BrN2O4S2. The van der Waals surface area contributed by atoms with E-state index in [1.165, 1.54) is 23.5 Å². The summed E-state index contributed by atoms with van der Waals surface area (Å²) in [6, 6.07) is 5.32. The van der Waals surface area contributed by atoms with Crippen LogP contribution in [0.3, 0.4) is 0 Å². The van der Waals surface area contributed by atoms with E-state index in [2.05, 4.69) is 20.7 Å². The normalized spacial score (nSPS) is 11.5. The van der Waals surface area contributed by atoms with Crippen molar-refractivity contribution in [3.05, 3.63) is 44.6 Å². The number of nitrogens with one attached hydrogen (secondary N) is 1. The molecule has 1 aromatic heterocycles. The van der Waals surface area contributed by atoms with Crippen molar-refractivity contribution in [2.45, 2.75) is 11.4 Å². The second-order valence-corrected chi connectivity index (χ2v) is 7.76. The van der Waals surface area contributed by atoms with E-state index in [4.69, 9.17) is 10.8 Å². The van der Waals surface area contributed by atoms with Crippen LogP contribution >= 0.6 is 27.3 Å². The topological polar surface area (TPSA) is 109 Å². The summed E-state index contributed by atoms with van der Waals surface area (Å²) in [5.41, 5.74) is 5.47. The van der Waals surface area contributed by atoms with Crippen LogP contribution in [-0.2, 0) is 16.6 Å². The zero-order chi connectivity index (χ0) is 15.6. The minimum absolute atomic E-state index is 0.0614. The van der Waals surface area contributed by atoms with E-state index >= 15 is 0 Å². The monoisotopic (exact) mass is 390 g/mol. The Morgan fingerprint density at radius 1 is 1.38 bits per heavy atom. The van der Waals surface area contributed by atoms with Gasteiger partial charge >= 0.3 is 5.97 Å². The number of benzene rings is 1. The largest absolute Gasteiger partial charge is 0.478 e. The zero-order valence-electron chi connectivity index (χ0n) is 10.5. The van der Waals surface area contributed by atoms with E-state index < -0.39 is 16.0 Å². The van der Waals surface area contributed by atoms with Crippen molar-refractivity contribution < 1.29 is 18.3 Å². The molecule has 0 radical (unpaired) electrons. The first-order valence-electron chi connectivity index (χ1n) is 5.65. The zero-order valence-corrected chi connectivity index (χ0v) is 13.8. The van der Waals surface area contributed by atoms with Crippen LogP contribution in [0.1, 0.15) is 15.2 Å². The van der Waals surface area contributed by atoms with Gasteiger partial charge in [-0.1, -0.05) is 0 Å². The van der Waals surface area contributed by atoms with E-state index in [0.29, 0.717) is 0 Å². The Bertz CT molecular complexity index is 786. The molecule has 0 unspecified atom stereocenters. The summed E-state index contributed by atoms with van der Waals surface area (Å²) < 4.78 is 27.6. The molecule has 0 fully saturated rings. The Hall–Kier alpha value is -1.42. The van der Waals surface area contributed by atoms with Gasteiger partial charge in [-0.15, -0.1) is 11.3 Å². The van der Waals surface area contributed by atoms with Crippen molar-refractivity contribution in [2.24, 2.45) is 0 Å². The number of aromatic carboxylic acids is 1. The van der Waals surface area contributed by atoms with E-state index in [9.17, 15) is 13.2 Å². The number of halogens is 1. The predicted molar refractivity (Wildman–Crippen MR) is 83.9 cm³/mol. The van der Waals surface area contributed by atoms with E-state index in [1.807, 2.05) is 11.4 Å². The number of sulfonamides is 1. The number of hydrogen-bond acceptors (Lipinski definition) is 5. The number of thiophene rings is 1. The lowest BCUT2D eigenvalue weighted by Gasteiger charge is -2.09. The number of nitrogens with two attached hydrogens (primary N) is 1. The molecule has 0 saturated heterocycles. The lowest BCUT2D eigenvalue weighted by molar-refractivity contribution is 0.0697. The number of rotatable bonds is 5. The fraction of sp³-hybridized carbons (Fsp3) is 0.0833. The van der Waals surface area contributed by atoms with E-state index in [1.54, 1.807) is 0 Å². The van der Waals surface area contributed by atoms with Crippen molar-refractivity contribution in [2.75, 3.05) is 5.73 Å². The van der Waals surface area contributed by atoms with Crippen LogP contribution in [-0.4, -0.2) is 19.5 Å². The van der Waals surface area contributed by atoms with Crippen molar-refractivity contribution in [1.29, 1.82) is 0 Å². The van der Waals surface area contributed by atoms with Crippen molar-refractivity contribution in [1.82, 2.24) is 4.72 Å². The smallest absolute Gasteiger partial charge is 0.335 e. The fourth-order valence-corrected chi connectivity index (χ4v) is 4.22. The third-order valence-corrected chi connectivity index (χ3v) is 5.78. The van der Waals surface area contributed by atoms with Crippen LogP contribution in [0, 0.1) is 0 Å². The standard InChI is InChI=1S/C12H11BrN2O4S2/c13-8-4-9(20-6-8)5-15-21(18,19)11-2-1-7(12(16)17)3-10(11)14/h1-4,6,15H,5,14H2,(H,16,17). The molecule has 0 atom stereocenters. The summed E-state index contributed by atoms with van der Waals surface area (Å²) >= 11 is 4.70. The van der Waals surface area contributed by atoms with Gasteiger partial charge in [-0.05, 0) is 40.2 Å². The van der Waals surface area contributed by atoms with Crippen LogP contribution < -0.4 is 10.5 Å². The molecule has 0 saturated carbocycles.